The lowest BCUT2D eigenvalue weighted by molar-refractivity contribution is -0.121. The molecule has 0 bridgehead atoms. The van der Waals surface area contributed by atoms with Crippen LogP contribution < -0.4 is 9.62 Å². The molecule has 5 nitrogen and oxygen atoms in total. The van der Waals surface area contributed by atoms with Gasteiger partial charge in [0.15, 0.2) is 0 Å². The van der Waals surface area contributed by atoms with Crippen molar-refractivity contribution in [2.75, 3.05) is 16.2 Å². The summed E-state index contributed by atoms with van der Waals surface area (Å²) in [6.45, 7) is 5.92. The first kappa shape index (κ1) is 19.4. The van der Waals surface area contributed by atoms with Gasteiger partial charge >= 0.3 is 0 Å². The molecule has 27 heavy (non-hydrogen) atoms. The smallest absolute Gasteiger partial charge is 0.261 e. The summed E-state index contributed by atoms with van der Waals surface area (Å²) in [5.74, 6) is -0.487. The molecule has 7 heteroatoms. The van der Waals surface area contributed by atoms with Crippen molar-refractivity contribution in [1.29, 1.82) is 0 Å². The van der Waals surface area contributed by atoms with Crippen LogP contribution in [0.25, 0.3) is 0 Å². The number of aryl methyl sites for hydroxylation is 2. The molecule has 0 radical (unpaired) electrons. The van der Waals surface area contributed by atoms with E-state index in [1.165, 1.54) is 19.1 Å². The van der Waals surface area contributed by atoms with E-state index < -0.39 is 15.8 Å². The van der Waals surface area contributed by atoms with Crippen molar-refractivity contribution >= 4 is 27.3 Å². The van der Waals surface area contributed by atoms with Crippen molar-refractivity contribution < 1.29 is 17.6 Å². The third kappa shape index (κ3) is 3.98. The lowest BCUT2D eigenvalue weighted by atomic mass is 9.99. The maximum Gasteiger partial charge on any atom is 0.261 e. The molecule has 0 unspecified atom stereocenters. The minimum Gasteiger partial charge on any atom is -0.312 e. The molecule has 0 aromatic heterocycles. The number of halogens is 1. The summed E-state index contributed by atoms with van der Waals surface area (Å²) in [6, 6.07) is 8.89. The Labute approximate surface area is 159 Å². The fraction of sp³-hybridized carbons (Fsp3) is 0.350. The van der Waals surface area contributed by atoms with Gasteiger partial charge in [-0.15, -0.1) is 0 Å². The number of amides is 1. The highest BCUT2D eigenvalue weighted by molar-refractivity contribution is 7.92. The monoisotopic (exact) mass is 390 g/mol. The van der Waals surface area contributed by atoms with Crippen LogP contribution in [0.3, 0.4) is 0 Å². The Morgan fingerprint density at radius 1 is 1.19 bits per heavy atom. The van der Waals surface area contributed by atoms with Gasteiger partial charge in [0, 0.05) is 23.8 Å². The Morgan fingerprint density at radius 2 is 1.93 bits per heavy atom. The van der Waals surface area contributed by atoms with Crippen LogP contribution in [0.4, 0.5) is 15.8 Å². The Hall–Kier alpha value is -2.41. The van der Waals surface area contributed by atoms with Crippen LogP contribution in [0, 0.1) is 18.7 Å². The summed E-state index contributed by atoms with van der Waals surface area (Å²) in [5.41, 5.74) is 2.46. The van der Waals surface area contributed by atoms with Crippen LogP contribution in [-0.4, -0.2) is 20.9 Å². The molecule has 0 saturated carbocycles. The summed E-state index contributed by atoms with van der Waals surface area (Å²) < 4.78 is 41.2. The summed E-state index contributed by atoms with van der Waals surface area (Å²) in [7, 11) is -3.82. The van der Waals surface area contributed by atoms with Crippen LogP contribution in [-0.2, 0) is 21.2 Å². The fourth-order valence-corrected chi connectivity index (χ4v) is 4.33. The zero-order valence-electron chi connectivity index (χ0n) is 15.6. The number of rotatable bonds is 4. The molecule has 0 aliphatic carbocycles. The van der Waals surface area contributed by atoms with Crippen molar-refractivity contribution in [3.05, 3.63) is 53.3 Å². The molecule has 1 aliphatic heterocycles. The Balaban J connectivity index is 1.89. The Bertz CT molecular complexity index is 987. The van der Waals surface area contributed by atoms with Gasteiger partial charge in [-0.3, -0.25) is 9.52 Å². The molecule has 1 heterocycles. The van der Waals surface area contributed by atoms with Gasteiger partial charge in [-0.2, -0.15) is 0 Å². The second kappa shape index (κ2) is 7.31. The molecule has 3 rings (SSSR count). The Kier molecular flexibility index (Phi) is 5.24. The fourth-order valence-electron chi connectivity index (χ4n) is 3.20. The van der Waals surface area contributed by atoms with Crippen molar-refractivity contribution in [2.24, 2.45) is 5.92 Å². The SMILES string of the molecule is Cc1cc(S(=O)(=O)Nc2ccc3c(c2)CCCN3C(=O)C(C)C)ccc1F. The highest BCUT2D eigenvalue weighted by atomic mass is 32.2. The number of carbonyl (C=O) groups is 1. The van der Waals surface area contributed by atoms with Gasteiger partial charge in [-0.05, 0) is 67.3 Å². The number of nitrogens with zero attached hydrogens (tertiary/aromatic N) is 1. The van der Waals surface area contributed by atoms with Crippen LogP contribution in [0.15, 0.2) is 41.3 Å². The normalized spacial score (nSPS) is 14.2. The van der Waals surface area contributed by atoms with Gasteiger partial charge in [-0.25, -0.2) is 12.8 Å². The first-order chi connectivity index (χ1) is 12.7. The molecule has 144 valence electrons. The molecule has 1 amide bonds. The van der Waals surface area contributed by atoms with E-state index in [9.17, 15) is 17.6 Å². The molecule has 1 N–H and O–H groups in total. The number of fused-ring (bicyclic) bond motifs is 1. The maximum atomic E-state index is 13.4. The lowest BCUT2D eigenvalue weighted by Gasteiger charge is -2.31. The molecule has 1 aliphatic rings. The van der Waals surface area contributed by atoms with Crippen molar-refractivity contribution in [2.45, 2.75) is 38.5 Å². The van der Waals surface area contributed by atoms with Crippen LogP contribution in [0.5, 0.6) is 0 Å². The van der Waals surface area contributed by atoms with Gasteiger partial charge in [0.05, 0.1) is 4.90 Å². The zero-order valence-corrected chi connectivity index (χ0v) is 16.4. The van der Waals surface area contributed by atoms with E-state index in [1.54, 1.807) is 23.1 Å². The molecule has 2 aromatic carbocycles. The second-order valence-electron chi connectivity index (χ2n) is 7.11. The number of sulfonamides is 1. The van der Waals surface area contributed by atoms with E-state index >= 15 is 0 Å². The number of carbonyl (C=O) groups excluding carboxylic acids is 1. The van der Waals surface area contributed by atoms with E-state index in [2.05, 4.69) is 4.72 Å². The van der Waals surface area contributed by atoms with Gasteiger partial charge in [0.1, 0.15) is 5.82 Å². The standard InChI is InChI=1S/C20H23FN2O3S/c1-13(2)20(24)23-10-4-5-15-12-16(6-9-19(15)23)22-27(25,26)17-7-8-18(21)14(3)11-17/h6-9,11-13,22H,4-5,10H2,1-3H3. The number of hydrogen-bond donors (Lipinski definition) is 1. The first-order valence-corrected chi connectivity index (χ1v) is 10.4. The van der Waals surface area contributed by atoms with Crippen molar-refractivity contribution in [3.8, 4) is 0 Å². The van der Waals surface area contributed by atoms with Gasteiger partial charge in [-0.1, -0.05) is 13.8 Å². The van der Waals surface area contributed by atoms with Crippen molar-refractivity contribution in [3.63, 3.8) is 0 Å². The Morgan fingerprint density at radius 3 is 2.59 bits per heavy atom. The van der Waals surface area contributed by atoms with Gasteiger partial charge in [0.25, 0.3) is 10.0 Å². The highest BCUT2D eigenvalue weighted by Gasteiger charge is 2.25. The van der Waals surface area contributed by atoms with Crippen LogP contribution in [0.1, 0.15) is 31.4 Å². The minimum atomic E-state index is -3.82. The molecule has 2 aromatic rings. The summed E-state index contributed by atoms with van der Waals surface area (Å²) in [6.07, 6.45) is 1.61. The number of hydrogen-bond acceptors (Lipinski definition) is 3. The third-order valence-corrected chi connectivity index (χ3v) is 6.03. The van der Waals surface area contributed by atoms with Crippen LogP contribution in [0.2, 0.25) is 0 Å². The highest BCUT2D eigenvalue weighted by Crippen LogP contribution is 2.31. The maximum absolute atomic E-state index is 13.4. The topological polar surface area (TPSA) is 66.5 Å². The van der Waals surface area contributed by atoms with E-state index in [0.717, 1.165) is 30.2 Å². The van der Waals surface area contributed by atoms with Gasteiger partial charge in [0.2, 0.25) is 5.91 Å². The molecule has 0 atom stereocenters. The van der Waals surface area contributed by atoms with E-state index in [0.29, 0.717) is 12.2 Å². The molecule has 0 saturated heterocycles. The first-order valence-electron chi connectivity index (χ1n) is 8.92. The predicted octanol–water partition coefficient (Wildman–Crippen LogP) is 3.87. The molecule has 0 spiro atoms. The average molecular weight is 390 g/mol. The van der Waals surface area contributed by atoms with Crippen molar-refractivity contribution in [1.82, 2.24) is 0 Å². The van der Waals surface area contributed by atoms with E-state index in [1.807, 2.05) is 13.8 Å². The summed E-state index contributed by atoms with van der Waals surface area (Å²) in [5, 5.41) is 0. The van der Waals surface area contributed by atoms with Gasteiger partial charge < -0.3 is 4.90 Å². The zero-order chi connectivity index (χ0) is 19.8. The number of benzene rings is 2. The number of anilines is 2. The van der Waals surface area contributed by atoms with E-state index in [4.69, 9.17) is 0 Å². The largest absolute Gasteiger partial charge is 0.312 e. The second-order valence-corrected chi connectivity index (χ2v) is 8.79. The van der Waals surface area contributed by atoms with E-state index in [-0.39, 0.29) is 22.3 Å². The molecular formula is C20H23FN2O3S. The third-order valence-electron chi connectivity index (χ3n) is 4.65. The predicted molar refractivity (Wildman–Crippen MR) is 104 cm³/mol. The quantitative estimate of drug-likeness (QED) is 0.862. The number of nitrogens with one attached hydrogen (secondary N) is 1. The summed E-state index contributed by atoms with van der Waals surface area (Å²) >= 11 is 0. The minimum absolute atomic E-state index is 0.00994. The summed E-state index contributed by atoms with van der Waals surface area (Å²) in [4.78, 5) is 14.2. The molecule has 0 fully saturated rings. The van der Waals surface area contributed by atoms with Crippen LogP contribution >= 0.6 is 0 Å². The average Bonchev–Trinajstić information content (AvgIpc) is 2.62. The molecular weight excluding hydrogens is 367 g/mol. The lowest BCUT2D eigenvalue weighted by Crippen LogP contribution is -2.38.